The largest absolute Gasteiger partial charge is 0.335 e. The molecule has 2 rings (SSSR count). The number of hydrogen-bond donors (Lipinski definition) is 2. The van der Waals surface area contributed by atoms with Gasteiger partial charge in [-0.1, -0.05) is 6.42 Å². The van der Waals surface area contributed by atoms with Crippen LogP contribution in [0.2, 0.25) is 0 Å². The van der Waals surface area contributed by atoms with Crippen LogP contribution in [0.4, 0.5) is 4.79 Å². The first-order valence-corrected chi connectivity index (χ1v) is 6.07. The maximum absolute atomic E-state index is 11.5. The fourth-order valence-corrected chi connectivity index (χ4v) is 1.94. The van der Waals surface area contributed by atoms with Crippen molar-refractivity contribution in [3.05, 3.63) is 0 Å². The van der Waals surface area contributed by atoms with Gasteiger partial charge < -0.3 is 5.32 Å². The van der Waals surface area contributed by atoms with E-state index in [9.17, 15) is 9.59 Å². The Bertz CT molecular complexity index is 270. The smallest absolute Gasteiger partial charge is 0.321 e. The average Bonchev–Trinajstić information content (AvgIpc) is 3.02. The van der Waals surface area contributed by atoms with Crippen molar-refractivity contribution in [3.8, 4) is 0 Å². The number of carbonyl (C=O) groups excluding carboxylic acids is 2. The lowest BCUT2D eigenvalue weighted by atomic mass is 10.1. The molecule has 2 fully saturated rings. The quantitative estimate of drug-likeness (QED) is 0.733. The van der Waals surface area contributed by atoms with E-state index in [4.69, 9.17) is 0 Å². The number of urea groups is 1. The van der Waals surface area contributed by atoms with Gasteiger partial charge in [0.15, 0.2) is 0 Å². The first-order valence-electron chi connectivity index (χ1n) is 6.07. The molecule has 16 heavy (non-hydrogen) atoms. The first-order chi connectivity index (χ1) is 7.74. The predicted octanol–water partition coefficient (Wildman–Crippen LogP) is 0.461. The number of amides is 3. The van der Waals surface area contributed by atoms with Crippen molar-refractivity contribution < 1.29 is 9.59 Å². The lowest BCUT2D eigenvalue weighted by Crippen LogP contribution is -2.46. The van der Waals surface area contributed by atoms with Crippen LogP contribution in [-0.4, -0.2) is 42.5 Å². The molecule has 90 valence electrons. The number of nitrogens with zero attached hydrogens (tertiary/aromatic N) is 1. The third-order valence-corrected chi connectivity index (χ3v) is 2.98. The first kappa shape index (κ1) is 11.4. The monoisotopic (exact) mass is 225 g/mol. The van der Waals surface area contributed by atoms with Crippen LogP contribution in [0.3, 0.4) is 0 Å². The van der Waals surface area contributed by atoms with Gasteiger partial charge in [0.05, 0.1) is 6.54 Å². The van der Waals surface area contributed by atoms with Crippen LogP contribution in [0.15, 0.2) is 0 Å². The SMILES string of the molecule is O=C(CN1CCCCC1)NC(=O)NC1CC1. The zero-order chi connectivity index (χ0) is 11.4. The Kier molecular flexibility index (Phi) is 3.77. The Balaban J connectivity index is 1.64. The Labute approximate surface area is 95.6 Å². The van der Waals surface area contributed by atoms with Gasteiger partial charge in [-0.3, -0.25) is 15.0 Å². The van der Waals surface area contributed by atoms with Crippen molar-refractivity contribution in [3.63, 3.8) is 0 Å². The second-order valence-electron chi connectivity index (χ2n) is 4.63. The summed E-state index contributed by atoms with van der Waals surface area (Å²) in [5.74, 6) is -0.194. The number of carbonyl (C=O) groups is 2. The molecule has 0 spiro atoms. The molecule has 3 amide bonds. The molecular formula is C11H19N3O2. The Morgan fingerprint density at radius 2 is 1.81 bits per heavy atom. The molecule has 0 radical (unpaired) electrons. The zero-order valence-electron chi connectivity index (χ0n) is 9.50. The number of rotatable bonds is 3. The van der Waals surface area contributed by atoms with Crippen LogP contribution in [0.1, 0.15) is 32.1 Å². The van der Waals surface area contributed by atoms with Crippen LogP contribution in [0.25, 0.3) is 0 Å². The van der Waals surface area contributed by atoms with Crippen LogP contribution in [0, 0.1) is 0 Å². The third-order valence-electron chi connectivity index (χ3n) is 2.98. The summed E-state index contributed by atoms with van der Waals surface area (Å²) >= 11 is 0. The summed E-state index contributed by atoms with van der Waals surface area (Å²) in [5.41, 5.74) is 0. The van der Waals surface area contributed by atoms with Crippen LogP contribution < -0.4 is 10.6 Å². The molecule has 2 N–H and O–H groups in total. The molecule has 0 atom stereocenters. The predicted molar refractivity (Wildman–Crippen MR) is 60.0 cm³/mol. The summed E-state index contributed by atoms with van der Waals surface area (Å²) in [6, 6.07) is -0.0488. The van der Waals surface area contributed by atoms with E-state index in [2.05, 4.69) is 15.5 Å². The lowest BCUT2D eigenvalue weighted by molar-refractivity contribution is -0.121. The van der Waals surface area contributed by atoms with E-state index in [0.29, 0.717) is 12.6 Å². The minimum atomic E-state index is -0.343. The number of nitrogens with one attached hydrogen (secondary N) is 2. The van der Waals surface area contributed by atoms with E-state index in [0.717, 1.165) is 38.8 Å². The normalized spacial score (nSPS) is 21.5. The fraction of sp³-hybridized carbons (Fsp3) is 0.818. The molecule has 1 saturated carbocycles. The average molecular weight is 225 g/mol. The highest BCUT2D eigenvalue weighted by atomic mass is 16.2. The molecule has 0 aromatic heterocycles. The highest BCUT2D eigenvalue weighted by Gasteiger charge is 2.24. The molecular weight excluding hydrogens is 206 g/mol. The maximum atomic E-state index is 11.5. The maximum Gasteiger partial charge on any atom is 0.321 e. The molecule has 1 saturated heterocycles. The van der Waals surface area contributed by atoms with Crippen molar-refractivity contribution in [2.75, 3.05) is 19.6 Å². The van der Waals surface area contributed by atoms with Gasteiger partial charge in [-0.05, 0) is 38.8 Å². The van der Waals surface area contributed by atoms with E-state index in [1.165, 1.54) is 6.42 Å². The second-order valence-corrected chi connectivity index (χ2v) is 4.63. The number of imide groups is 1. The van der Waals surface area contributed by atoms with Gasteiger partial charge in [-0.15, -0.1) is 0 Å². The number of piperidine rings is 1. The Hall–Kier alpha value is -1.10. The molecule has 2 aliphatic rings. The summed E-state index contributed by atoms with van der Waals surface area (Å²) in [5, 5.41) is 5.10. The van der Waals surface area contributed by atoms with Gasteiger partial charge in [0.2, 0.25) is 5.91 Å². The number of likely N-dealkylation sites (tertiary alicyclic amines) is 1. The summed E-state index contributed by atoms with van der Waals surface area (Å²) < 4.78 is 0. The van der Waals surface area contributed by atoms with Crippen LogP contribution in [-0.2, 0) is 4.79 Å². The minimum Gasteiger partial charge on any atom is -0.335 e. The van der Waals surface area contributed by atoms with Crippen LogP contribution in [0.5, 0.6) is 0 Å². The van der Waals surface area contributed by atoms with E-state index < -0.39 is 0 Å². The van der Waals surface area contributed by atoms with E-state index in [-0.39, 0.29) is 11.9 Å². The zero-order valence-corrected chi connectivity index (χ0v) is 9.50. The van der Waals surface area contributed by atoms with Crippen LogP contribution >= 0.6 is 0 Å². The summed E-state index contributed by atoms with van der Waals surface area (Å²) in [7, 11) is 0. The van der Waals surface area contributed by atoms with Gasteiger partial charge in [0.1, 0.15) is 0 Å². The van der Waals surface area contributed by atoms with E-state index in [1.807, 2.05) is 0 Å². The van der Waals surface area contributed by atoms with Gasteiger partial charge in [-0.2, -0.15) is 0 Å². The van der Waals surface area contributed by atoms with Gasteiger partial charge in [0, 0.05) is 6.04 Å². The standard InChI is InChI=1S/C11H19N3O2/c15-10(8-14-6-2-1-3-7-14)13-11(16)12-9-4-5-9/h9H,1-8H2,(H2,12,13,15,16). The molecule has 1 aliphatic heterocycles. The lowest BCUT2D eigenvalue weighted by Gasteiger charge is -2.25. The molecule has 0 aromatic carbocycles. The minimum absolute atomic E-state index is 0.194. The molecule has 0 unspecified atom stereocenters. The topological polar surface area (TPSA) is 61.4 Å². The molecule has 0 aromatic rings. The summed E-state index contributed by atoms with van der Waals surface area (Å²) in [4.78, 5) is 24.9. The summed E-state index contributed by atoms with van der Waals surface area (Å²) in [6.45, 7) is 2.29. The molecule has 1 heterocycles. The highest BCUT2D eigenvalue weighted by molar-refractivity contribution is 5.95. The summed E-state index contributed by atoms with van der Waals surface area (Å²) in [6.07, 6.45) is 5.63. The highest BCUT2D eigenvalue weighted by Crippen LogP contribution is 2.18. The molecule has 5 heteroatoms. The molecule has 1 aliphatic carbocycles. The number of hydrogen-bond acceptors (Lipinski definition) is 3. The third kappa shape index (κ3) is 3.81. The van der Waals surface area contributed by atoms with E-state index in [1.54, 1.807) is 0 Å². The van der Waals surface area contributed by atoms with Gasteiger partial charge in [0.25, 0.3) is 0 Å². The van der Waals surface area contributed by atoms with Gasteiger partial charge >= 0.3 is 6.03 Å². The van der Waals surface area contributed by atoms with Crippen molar-refractivity contribution >= 4 is 11.9 Å². The molecule has 0 bridgehead atoms. The Morgan fingerprint density at radius 3 is 2.44 bits per heavy atom. The van der Waals surface area contributed by atoms with Gasteiger partial charge in [-0.25, -0.2) is 4.79 Å². The van der Waals surface area contributed by atoms with Crippen molar-refractivity contribution in [1.29, 1.82) is 0 Å². The fourth-order valence-electron chi connectivity index (χ4n) is 1.94. The van der Waals surface area contributed by atoms with Crippen molar-refractivity contribution in [2.24, 2.45) is 0 Å². The van der Waals surface area contributed by atoms with E-state index >= 15 is 0 Å². The molecule has 5 nitrogen and oxygen atoms in total. The Morgan fingerprint density at radius 1 is 1.12 bits per heavy atom. The second kappa shape index (κ2) is 5.30. The van der Waals surface area contributed by atoms with Crippen molar-refractivity contribution in [1.82, 2.24) is 15.5 Å². The van der Waals surface area contributed by atoms with Crippen molar-refractivity contribution in [2.45, 2.75) is 38.1 Å².